The molecule has 0 bridgehead atoms. The summed E-state index contributed by atoms with van der Waals surface area (Å²) in [5, 5.41) is 12.7. The number of nitrogens with one attached hydrogen (secondary N) is 1. The predicted octanol–water partition coefficient (Wildman–Crippen LogP) is 4.00. The smallest absolute Gasteiger partial charge is 0.101 e. The Morgan fingerprint density at radius 2 is 2.15 bits per heavy atom. The van der Waals surface area contributed by atoms with Crippen LogP contribution in [0.1, 0.15) is 25.0 Å². The second kappa shape index (κ2) is 5.94. The highest BCUT2D eigenvalue weighted by atomic mass is 35.5. The molecule has 0 atom stereocenters. The monoisotopic (exact) mass is 285 g/mol. The quantitative estimate of drug-likeness (QED) is 0.924. The van der Waals surface area contributed by atoms with E-state index in [1.54, 1.807) is 18.3 Å². The average molecular weight is 286 g/mol. The number of pyridine rings is 1. The molecule has 1 heterocycles. The molecule has 1 aromatic carbocycles. The van der Waals surface area contributed by atoms with Crippen molar-refractivity contribution >= 4 is 17.3 Å². The number of benzene rings is 1. The van der Waals surface area contributed by atoms with Gasteiger partial charge >= 0.3 is 0 Å². The summed E-state index contributed by atoms with van der Waals surface area (Å²) in [5.41, 5.74) is 2.52. The first-order chi connectivity index (χ1) is 9.53. The van der Waals surface area contributed by atoms with Crippen LogP contribution in [0.5, 0.6) is 0 Å². The van der Waals surface area contributed by atoms with E-state index in [0.29, 0.717) is 10.6 Å². The van der Waals surface area contributed by atoms with Crippen LogP contribution in [-0.4, -0.2) is 11.5 Å². The van der Waals surface area contributed by atoms with Gasteiger partial charge in [-0.05, 0) is 29.8 Å². The van der Waals surface area contributed by atoms with Crippen LogP contribution >= 0.6 is 11.6 Å². The van der Waals surface area contributed by atoms with Crippen molar-refractivity contribution in [2.75, 3.05) is 11.9 Å². The number of rotatable bonds is 4. The van der Waals surface area contributed by atoms with Crippen molar-refractivity contribution in [1.82, 2.24) is 4.98 Å². The van der Waals surface area contributed by atoms with Gasteiger partial charge in [0, 0.05) is 30.0 Å². The molecular formula is C16H16ClN3. The van der Waals surface area contributed by atoms with Gasteiger partial charge in [0.15, 0.2) is 0 Å². The third kappa shape index (κ3) is 3.28. The fraction of sp³-hybridized carbons (Fsp3) is 0.250. The zero-order valence-electron chi connectivity index (χ0n) is 11.5. The van der Waals surface area contributed by atoms with Crippen LogP contribution in [-0.2, 0) is 5.41 Å². The number of nitriles is 1. The molecule has 0 saturated carbocycles. The molecule has 2 rings (SSSR count). The molecule has 0 unspecified atom stereocenters. The minimum Gasteiger partial charge on any atom is -0.384 e. The summed E-state index contributed by atoms with van der Waals surface area (Å²) < 4.78 is 0. The van der Waals surface area contributed by atoms with Crippen molar-refractivity contribution in [3.05, 3.63) is 58.9 Å². The minimum atomic E-state index is -0.0470. The minimum absolute atomic E-state index is 0.0470. The van der Waals surface area contributed by atoms with Crippen molar-refractivity contribution in [3.8, 4) is 6.07 Å². The van der Waals surface area contributed by atoms with Gasteiger partial charge in [0.25, 0.3) is 0 Å². The Kier molecular flexibility index (Phi) is 4.26. The van der Waals surface area contributed by atoms with Gasteiger partial charge in [-0.3, -0.25) is 4.98 Å². The van der Waals surface area contributed by atoms with E-state index in [0.717, 1.165) is 12.2 Å². The van der Waals surface area contributed by atoms with E-state index in [-0.39, 0.29) is 5.41 Å². The topological polar surface area (TPSA) is 48.7 Å². The van der Waals surface area contributed by atoms with Crippen molar-refractivity contribution in [3.63, 3.8) is 0 Å². The largest absolute Gasteiger partial charge is 0.384 e. The van der Waals surface area contributed by atoms with E-state index in [4.69, 9.17) is 16.9 Å². The summed E-state index contributed by atoms with van der Waals surface area (Å²) in [6, 6.07) is 11.4. The van der Waals surface area contributed by atoms with Crippen LogP contribution in [0, 0.1) is 11.3 Å². The Morgan fingerprint density at radius 1 is 1.35 bits per heavy atom. The summed E-state index contributed by atoms with van der Waals surface area (Å²) in [6.45, 7) is 5.06. The Morgan fingerprint density at radius 3 is 2.75 bits per heavy atom. The van der Waals surface area contributed by atoms with E-state index in [1.807, 2.05) is 18.3 Å². The van der Waals surface area contributed by atoms with Gasteiger partial charge in [-0.15, -0.1) is 0 Å². The molecule has 102 valence electrons. The molecule has 0 spiro atoms. The van der Waals surface area contributed by atoms with Crippen molar-refractivity contribution in [1.29, 1.82) is 5.26 Å². The van der Waals surface area contributed by atoms with Gasteiger partial charge in [-0.1, -0.05) is 31.5 Å². The Bertz CT molecular complexity index is 630. The lowest BCUT2D eigenvalue weighted by Gasteiger charge is -2.25. The molecule has 1 N–H and O–H groups in total. The van der Waals surface area contributed by atoms with Crippen molar-refractivity contribution in [2.24, 2.45) is 0 Å². The van der Waals surface area contributed by atoms with Gasteiger partial charge in [-0.2, -0.15) is 5.26 Å². The van der Waals surface area contributed by atoms with Gasteiger partial charge in [-0.25, -0.2) is 0 Å². The number of hydrogen-bond acceptors (Lipinski definition) is 3. The Labute approximate surface area is 124 Å². The first-order valence-electron chi connectivity index (χ1n) is 6.37. The Hall–Kier alpha value is -2.05. The molecular weight excluding hydrogens is 270 g/mol. The fourth-order valence-corrected chi connectivity index (χ4v) is 2.13. The third-order valence-electron chi connectivity index (χ3n) is 3.27. The molecule has 3 nitrogen and oxygen atoms in total. The maximum atomic E-state index is 8.86. The molecule has 0 radical (unpaired) electrons. The number of aromatic nitrogens is 1. The molecule has 1 aromatic heterocycles. The summed E-state index contributed by atoms with van der Waals surface area (Å²) in [5.74, 6) is 0. The lowest BCUT2D eigenvalue weighted by atomic mass is 9.85. The van der Waals surface area contributed by atoms with Gasteiger partial charge < -0.3 is 5.32 Å². The standard InChI is InChI=1S/C16H16ClN3/c1-16(2,13-4-3-7-19-10-13)11-20-14-6-5-12(9-18)15(17)8-14/h3-8,10,20H,11H2,1-2H3. The fourth-order valence-electron chi connectivity index (χ4n) is 1.90. The average Bonchev–Trinajstić information content (AvgIpc) is 2.46. The number of hydrogen-bond donors (Lipinski definition) is 1. The van der Waals surface area contributed by atoms with Crippen LogP contribution in [0.25, 0.3) is 0 Å². The highest BCUT2D eigenvalue weighted by Gasteiger charge is 2.20. The Balaban J connectivity index is 2.09. The van der Waals surface area contributed by atoms with Crippen LogP contribution in [0.2, 0.25) is 5.02 Å². The zero-order valence-corrected chi connectivity index (χ0v) is 12.3. The van der Waals surface area contributed by atoms with Crippen LogP contribution in [0.3, 0.4) is 0 Å². The molecule has 20 heavy (non-hydrogen) atoms. The normalized spacial score (nSPS) is 10.9. The molecule has 0 aliphatic carbocycles. The van der Waals surface area contributed by atoms with Gasteiger partial charge in [0.1, 0.15) is 6.07 Å². The van der Waals surface area contributed by atoms with E-state index in [2.05, 4.69) is 36.3 Å². The maximum absolute atomic E-state index is 8.86. The SMILES string of the molecule is CC(C)(CNc1ccc(C#N)c(Cl)c1)c1cccnc1. The lowest BCUT2D eigenvalue weighted by molar-refractivity contribution is 0.555. The summed E-state index contributed by atoms with van der Waals surface area (Å²) in [4.78, 5) is 4.16. The predicted molar refractivity (Wildman–Crippen MR) is 81.9 cm³/mol. The lowest BCUT2D eigenvalue weighted by Crippen LogP contribution is -2.27. The molecule has 0 aliphatic heterocycles. The van der Waals surface area contributed by atoms with Gasteiger partial charge in [0.2, 0.25) is 0 Å². The zero-order chi connectivity index (χ0) is 14.6. The number of anilines is 1. The third-order valence-corrected chi connectivity index (χ3v) is 3.58. The molecule has 2 aromatic rings. The molecule has 0 saturated heterocycles. The highest BCUT2D eigenvalue weighted by Crippen LogP contribution is 2.25. The number of nitrogens with zero attached hydrogens (tertiary/aromatic N) is 2. The number of halogens is 1. The molecule has 0 fully saturated rings. The van der Waals surface area contributed by atoms with Crippen molar-refractivity contribution < 1.29 is 0 Å². The summed E-state index contributed by atoms with van der Waals surface area (Å²) in [7, 11) is 0. The first-order valence-corrected chi connectivity index (χ1v) is 6.75. The first kappa shape index (κ1) is 14.4. The highest BCUT2D eigenvalue weighted by molar-refractivity contribution is 6.32. The van der Waals surface area contributed by atoms with E-state index >= 15 is 0 Å². The van der Waals surface area contributed by atoms with Crippen LogP contribution < -0.4 is 5.32 Å². The molecule has 0 amide bonds. The van der Waals surface area contributed by atoms with E-state index in [1.165, 1.54) is 5.56 Å². The second-order valence-electron chi connectivity index (χ2n) is 5.29. The second-order valence-corrected chi connectivity index (χ2v) is 5.69. The van der Waals surface area contributed by atoms with Crippen LogP contribution in [0.15, 0.2) is 42.7 Å². The summed E-state index contributed by atoms with van der Waals surface area (Å²) >= 11 is 6.02. The molecule has 0 aliphatic rings. The van der Waals surface area contributed by atoms with Crippen molar-refractivity contribution in [2.45, 2.75) is 19.3 Å². The molecule has 4 heteroatoms. The van der Waals surface area contributed by atoms with E-state index < -0.39 is 0 Å². The summed E-state index contributed by atoms with van der Waals surface area (Å²) in [6.07, 6.45) is 3.65. The van der Waals surface area contributed by atoms with Gasteiger partial charge in [0.05, 0.1) is 10.6 Å². The van der Waals surface area contributed by atoms with Crippen LogP contribution in [0.4, 0.5) is 5.69 Å². The van der Waals surface area contributed by atoms with E-state index in [9.17, 15) is 0 Å². The maximum Gasteiger partial charge on any atom is 0.101 e.